The Labute approximate surface area is 192 Å². The fourth-order valence-electron chi connectivity index (χ4n) is 3.53. The highest BCUT2D eigenvalue weighted by molar-refractivity contribution is 7.99. The molecule has 0 bridgehead atoms. The fraction of sp³-hybridized carbons (Fsp3) is 0.292. The molecule has 166 valence electrons. The van der Waals surface area contributed by atoms with Crippen molar-refractivity contribution < 1.29 is 9.21 Å². The van der Waals surface area contributed by atoms with Crippen molar-refractivity contribution >= 4 is 29.0 Å². The van der Waals surface area contributed by atoms with Gasteiger partial charge in [0.1, 0.15) is 0 Å². The summed E-state index contributed by atoms with van der Waals surface area (Å²) in [6, 6.07) is 15.9. The summed E-state index contributed by atoms with van der Waals surface area (Å²) in [5, 5.41) is 11.4. The van der Waals surface area contributed by atoms with Gasteiger partial charge >= 0.3 is 0 Å². The van der Waals surface area contributed by atoms with Gasteiger partial charge < -0.3 is 14.6 Å². The maximum absolute atomic E-state index is 12.3. The number of nitrogens with one attached hydrogen (secondary N) is 1. The molecule has 0 atom stereocenters. The van der Waals surface area contributed by atoms with E-state index in [1.807, 2.05) is 49.4 Å². The Morgan fingerprint density at radius 3 is 2.50 bits per heavy atom. The molecule has 1 aliphatic rings. The third-order valence-corrected chi connectivity index (χ3v) is 6.13. The van der Waals surface area contributed by atoms with Gasteiger partial charge in [0.15, 0.2) is 0 Å². The van der Waals surface area contributed by atoms with E-state index >= 15 is 0 Å². The number of hydrogen-bond donors (Lipinski definition) is 1. The van der Waals surface area contributed by atoms with Crippen LogP contribution in [0.5, 0.6) is 0 Å². The molecular weight excluding hydrogens is 422 g/mol. The Morgan fingerprint density at radius 1 is 1.09 bits per heavy atom. The number of amides is 1. The number of nitrogens with zero attached hydrogens (tertiary/aromatic N) is 4. The molecule has 1 saturated heterocycles. The van der Waals surface area contributed by atoms with Crippen LogP contribution in [0.3, 0.4) is 0 Å². The minimum Gasteiger partial charge on any atom is -0.411 e. The van der Waals surface area contributed by atoms with Gasteiger partial charge in [0.05, 0.1) is 5.75 Å². The second kappa shape index (κ2) is 10.5. The Kier molecular flexibility index (Phi) is 7.24. The van der Waals surface area contributed by atoms with Gasteiger partial charge in [0.2, 0.25) is 11.8 Å². The van der Waals surface area contributed by atoms with Gasteiger partial charge in [-0.25, -0.2) is 0 Å². The van der Waals surface area contributed by atoms with Crippen molar-refractivity contribution in [2.45, 2.75) is 12.1 Å². The molecule has 4 rings (SSSR count). The molecule has 0 spiro atoms. The lowest BCUT2D eigenvalue weighted by atomic mass is 10.1. The summed E-state index contributed by atoms with van der Waals surface area (Å²) in [4.78, 5) is 17.1. The summed E-state index contributed by atoms with van der Waals surface area (Å²) in [6.07, 6.45) is 1.95. The van der Waals surface area contributed by atoms with Crippen molar-refractivity contribution in [1.29, 1.82) is 0 Å². The number of hydrogen-bond acceptors (Lipinski definition) is 7. The molecule has 0 aliphatic carbocycles. The normalized spacial score (nSPS) is 14.3. The molecule has 2 heterocycles. The van der Waals surface area contributed by atoms with E-state index in [4.69, 9.17) is 4.42 Å². The molecule has 1 N–H and O–H groups in total. The second-order valence-corrected chi connectivity index (χ2v) is 8.63. The molecule has 0 saturated carbocycles. The first-order valence-electron chi connectivity index (χ1n) is 10.6. The van der Waals surface area contributed by atoms with Crippen molar-refractivity contribution in [3.05, 3.63) is 66.7 Å². The molecule has 1 aromatic heterocycles. The van der Waals surface area contributed by atoms with Crippen molar-refractivity contribution in [3.8, 4) is 11.5 Å². The molecule has 1 amide bonds. The zero-order valence-corrected chi connectivity index (χ0v) is 19.0. The fourth-order valence-corrected chi connectivity index (χ4v) is 4.10. The Balaban J connectivity index is 1.25. The van der Waals surface area contributed by atoms with Gasteiger partial charge in [0, 0.05) is 49.7 Å². The SMILES string of the molecule is C=CCN1CCN(c2ccc(NC(=O)CSc3nnc(-c4ccc(C)cc4)o3)cc2)CC1. The Bertz CT molecular complexity index is 1040. The molecule has 1 fully saturated rings. The van der Waals surface area contributed by atoms with Crippen molar-refractivity contribution in [2.24, 2.45) is 0 Å². The van der Waals surface area contributed by atoms with Crippen molar-refractivity contribution in [3.63, 3.8) is 0 Å². The van der Waals surface area contributed by atoms with Gasteiger partial charge in [-0.3, -0.25) is 9.69 Å². The zero-order valence-electron chi connectivity index (χ0n) is 18.2. The van der Waals surface area contributed by atoms with Crippen LogP contribution in [0.4, 0.5) is 11.4 Å². The standard InChI is InChI=1S/C24H27N5O2S/c1-3-12-28-13-15-29(16-14-28)21-10-8-20(9-11-21)25-22(30)17-32-24-27-26-23(31-24)19-6-4-18(2)5-7-19/h3-11H,1,12-17H2,2H3,(H,25,30). The number of rotatable bonds is 8. The van der Waals surface area contributed by atoms with E-state index in [0.717, 1.165) is 44.0 Å². The molecule has 0 radical (unpaired) electrons. The summed E-state index contributed by atoms with van der Waals surface area (Å²) in [5.41, 5.74) is 3.97. The number of thioether (sulfide) groups is 1. The van der Waals surface area contributed by atoms with Crippen molar-refractivity contribution in [1.82, 2.24) is 15.1 Å². The van der Waals surface area contributed by atoms with Crippen LogP contribution in [0.2, 0.25) is 0 Å². The molecular formula is C24H27N5O2S. The number of carbonyl (C=O) groups excluding carboxylic acids is 1. The third kappa shape index (κ3) is 5.77. The summed E-state index contributed by atoms with van der Waals surface area (Å²) in [5.74, 6) is 0.535. The van der Waals surface area contributed by atoms with Gasteiger partial charge in [-0.15, -0.1) is 16.8 Å². The maximum Gasteiger partial charge on any atom is 0.277 e. The van der Waals surface area contributed by atoms with E-state index in [-0.39, 0.29) is 11.7 Å². The first-order chi connectivity index (χ1) is 15.6. The molecule has 8 heteroatoms. The predicted octanol–water partition coefficient (Wildman–Crippen LogP) is 4.08. The molecule has 3 aromatic rings. The highest BCUT2D eigenvalue weighted by Crippen LogP contribution is 2.24. The summed E-state index contributed by atoms with van der Waals surface area (Å²) in [7, 11) is 0. The lowest BCUT2D eigenvalue weighted by molar-refractivity contribution is -0.113. The molecule has 0 unspecified atom stereocenters. The number of aromatic nitrogens is 2. The van der Waals surface area contributed by atoms with E-state index in [2.05, 4.69) is 44.0 Å². The summed E-state index contributed by atoms with van der Waals surface area (Å²) >= 11 is 1.22. The van der Waals surface area contributed by atoms with Gasteiger partial charge in [-0.05, 0) is 43.3 Å². The molecule has 1 aliphatic heterocycles. The lowest BCUT2D eigenvalue weighted by Crippen LogP contribution is -2.46. The van der Waals surface area contributed by atoms with Crippen LogP contribution in [0.25, 0.3) is 11.5 Å². The predicted molar refractivity (Wildman–Crippen MR) is 129 cm³/mol. The Morgan fingerprint density at radius 2 is 1.81 bits per heavy atom. The molecule has 32 heavy (non-hydrogen) atoms. The number of aryl methyl sites for hydroxylation is 1. The van der Waals surface area contributed by atoms with Crippen LogP contribution in [0, 0.1) is 6.92 Å². The highest BCUT2D eigenvalue weighted by Gasteiger charge is 2.16. The van der Waals surface area contributed by atoms with E-state index < -0.39 is 0 Å². The molecule has 7 nitrogen and oxygen atoms in total. The maximum atomic E-state index is 12.3. The van der Waals surface area contributed by atoms with Gasteiger partial charge in [-0.2, -0.15) is 0 Å². The number of benzene rings is 2. The van der Waals surface area contributed by atoms with E-state index in [1.54, 1.807) is 0 Å². The molecule has 2 aromatic carbocycles. The third-order valence-electron chi connectivity index (χ3n) is 5.31. The van der Waals surface area contributed by atoms with Crippen LogP contribution < -0.4 is 10.2 Å². The van der Waals surface area contributed by atoms with Crippen LogP contribution in [-0.4, -0.2) is 59.5 Å². The van der Waals surface area contributed by atoms with E-state index in [0.29, 0.717) is 11.1 Å². The smallest absolute Gasteiger partial charge is 0.277 e. The quantitative estimate of drug-likeness (QED) is 0.410. The monoisotopic (exact) mass is 449 g/mol. The van der Waals surface area contributed by atoms with Gasteiger partial charge in [-0.1, -0.05) is 35.5 Å². The van der Waals surface area contributed by atoms with E-state index in [9.17, 15) is 4.79 Å². The minimum atomic E-state index is -0.115. The second-order valence-electron chi connectivity index (χ2n) is 7.70. The highest BCUT2D eigenvalue weighted by atomic mass is 32.2. The average Bonchev–Trinajstić information content (AvgIpc) is 3.29. The van der Waals surface area contributed by atoms with Crippen LogP contribution in [0.15, 0.2) is 70.8 Å². The number of anilines is 2. The number of piperazine rings is 1. The Hall–Kier alpha value is -3.10. The first kappa shape index (κ1) is 22.1. The minimum absolute atomic E-state index is 0.115. The van der Waals surface area contributed by atoms with Gasteiger partial charge in [0.25, 0.3) is 5.22 Å². The van der Waals surface area contributed by atoms with E-state index in [1.165, 1.54) is 23.0 Å². The summed E-state index contributed by atoms with van der Waals surface area (Å²) < 4.78 is 5.66. The summed E-state index contributed by atoms with van der Waals surface area (Å²) in [6.45, 7) is 10.8. The van der Waals surface area contributed by atoms with Crippen LogP contribution in [0.1, 0.15) is 5.56 Å². The lowest BCUT2D eigenvalue weighted by Gasteiger charge is -2.35. The zero-order chi connectivity index (χ0) is 22.3. The largest absolute Gasteiger partial charge is 0.411 e. The van der Waals surface area contributed by atoms with Crippen molar-refractivity contribution in [2.75, 3.05) is 48.7 Å². The average molecular weight is 450 g/mol. The topological polar surface area (TPSA) is 74.5 Å². The number of carbonyl (C=O) groups is 1. The van der Waals surface area contributed by atoms with Crippen LogP contribution >= 0.6 is 11.8 Å². The first-order valence-corrected chi connectivity index (χ1v) is 11.6. The van der Waals surface area contributed by atoms with Crippen LogP contribution in [-0.2, 0) is 4.79 Å².